The van der Waals surface area contributed by atoms with Crippen molar-refractivity contribution >= 4 is 34.9 Å². The van der Waals surface area contributed by atoms with Gasteiger partial charge >= 0.3 is 6.09 Å². The number of allylic oxidation sites excluding steroid dienone is 1. The number of ether oxygens (including phenoxy) is 1. The van der Waals surface area contributed by atoms with E-state index in [9.17, 15) is 14.4 Å². The van der Waals surface area contributed by atoms with Gasteiger partial charge in [0.1, 0.15) is 12.4 Å². The average molecular weight is 636 g/mol. The smallest absolute Gasteiger partial charge is 0.407 e. The van der Waals surface area contributed by atoms with Crippen LogP contribution in [-0.4, -0.2) is 84.6 Å². The highest BCUT2D eigenvalue weighted by atomic mass is 32.1. The Kier molecular flexibility index (Phi) is 13.8. The highest BCUT2D eigenvalue weighted by Crippen LogP contribution is 2.34. The number of aromatic amines is 1. The second-order valence-electron chi connectivity index (χ2n) is 10.4. The quantitative estimate of drug-likeness (QED) is 0.167. The van der Waals surface area contributed by atoms with Crippen LogP contribution in [0.1, 0.15) is 45.0 Å². The van der Waals surface area contributed by atoms with E-state index >= 15 is 0 Å². The number of carbonyl (C=O) groups is 3. The normalized spacial score (nSPS) is 11.2. The maximum atomic E-state index is 12.6. The second kappa shape index (κ2) is 17.8. The van der Waals surface area contributed by atoms with E-state index in [1.54, 1.807) is 23.3 Å². The number of nitrogens with one attached hydrogen (secondary N) is 4. The highest BCUT2D eigenvalue weighted by molar-refractivity contribution is 7.18. The molecule has 0 saturated heterocycles. The molecule has 0 atom stereocenters. The van der Waals surface area contributed by atoms with Gasteiger partial charge in [-0.25, -0.2) is 9.78 Å². The van der Waals surface area contributed by atoms with Crippen molar-refractivity contribution in [1.29, 1.82) is 0 Å². The fraction of sp³-hybridized carbons (Fsp3) is 0.394. The number of methoxy groups -OCH3 is 1. The molecule has 0 unspecified atom stereocenters. The van der Waals surface area contributed by atoms with Crippen LogP contribution in [0.15, 0.2) is 60.9 Å². The van der Waals surface area contributed by atoms with Gasteiger partial charge in [-0.2, -0.15) is 0 Å². The van der Waals surface area contributed by atoms with E-state index in [2.05, 4.69) is 80.6 Å². The Balaban J connectivity index is 1.63. The van der Waals surface area contributed by atoms with Gasteiger partial charge in [-0.05, 0) is 50.1 Å². The van der Waals surface area contributed by atoms with Crippen molar-refractivity contribution in [1.82, 2.24) is 35.7 Å². The van der Waals surface area contributed by atoms with Crippen LogP contribution in [0.2, 0.25) is 0 Å². The summed E-state index contributed by atoms with van der Waals surface area (Å²) in [6.45, 7) is 12.3. The fourth-order valence-corrected chi connectivity index (χ4v) is 5.67. The van der Waals surface area contributed by atoms with Crippen LogP contribution in [-0.2, 0) is 20.9 Å². The third-order valence-electron chi connectivity index (χ3n) is 6.89. The van der Waals surface area contributed by atoms with Crippen molar-refractivity contribution in [3.8, 4) is 21.0 Å². The van der Waals surface area contributed by atoms with Crippen LogP contribution >= 0.6 is 11.3 Å². The molecule has 3 rings (SSSR count). The first-order chi connectivity index (χ1) is 21.7. The summed E-state index contributed by atoms with van der Waals surface area (Å²) >= 11 is 1.67. The van der Waals surface area contributed by atoms with Crippen LogP contribution < -0.4 is 16.0 Å². The lowest BCUT2D eigenvalue weighted by molar-refractivity contribution is -0.131. The summed E-state index contributed by atoms with van der Waals surface area (Å²) in [4.78, 5) is 50.0. The molecular weight excluding hydrogens is 590 g/mol. The minimum absolute atomic E-state index is 0.0540. The lowest BCUT2D eigenvalue weighted by atomic mass is 10.1. The van der Waals surface area contributed by atoms with Crippen LogP contribution in [0.25, 0.3) is 26.7 Å². The van der Waals surface area contributed by atoms with Gasteiger partial charge in [0, 0.05) is 29.4 Å². The van der Waals surface area contributed by atoms with E-state index in [0.29, 0.717) is 38.4 Å². The minimum atomic E-state index is -0.644. The Morgan fingerprint density at radius 3 is 2.31 bits per heavy atom. The van der Waals surface area contributed by atoms with Gasteiger partial charge in [-0.3, -0.25) is 9.59 Å². The van der Waals surface area contributed by atoms with Crippen LogP contribution in [0.3, 0.4) is 0 Å². The number of hydrogen-bond donors (Lipinski definition) is 4. The summed E-state index contributed by atoms with van der Waals surface area (Å²) in [7, 11) is 3.03. The maximum Gasteiger partial charge on any atom is 0.407 e. The molecule has 0 radical (unpaired) electrons. The molecule has 0 aliphatic rings. The molecule has 45 heavy (non-hydrogen) atoms. The Bertz CT molecular complexity index is 1460. The molecule has 0 aliphatic heterocycles. The van der Waals surface area contributed by atoms with Crippen LogP contribution in [0, 0.1) is 0 Å². The molecule has 12 heteroatoms. The molecule has 0 saturated carbocycles. The number of amides is 3. The molecule has 3 amide bonds. The van der Waals surface area contributed by atoms with Crippen molar-refractivity contribution < 1.29 is 19.1 Å². The average Bonchev–Trinajstić information content (AvgIpc) is 3.72. The summed E-state index contributed by atoms with van der Waals surface area (Å²) in [5.74, 6) is 0.602. The molecule has 2 heterocycles. The number of H-pyrrole nitrogens is 1. The first-order valence-corrected chi connectivity index (χ1v) is 15.9. The Labute approximate surface area is 269 Å². The Morgan fingerprint density at radius 2 is 1.67 bits per heavy atom. The topological polar surface area (TPSA) is 132 Å². The molecule has 0 bridgehead atoms. The van der Waals surface area contributed by atoms with Gasteiger partial charge in [0.05, 0.1) is 43.5 Å². The summed E-state index contributed by atoms with van der Waals surface area (Å²) in [6, 6.07) is 12.4. The van der Waals surface area contributed by atoms with Crippen LogP contribution in [0.4, 0.5) is 4.79 Å². The predicted octanol–water partition coefficient (Wildman–Crippen LogP) is 4.82. The third kappa shape index (κ3) is 10.3. The first kappa shape index (κ1) is 35.1. The zero-order valence-electron chi connectivity index (χ0n) is 26.9. The lowest BCUT2D eigenvalue weighted by Crippen LogP contribution is -2.42. The van der Waals surface area contributed by atoms with Gasteiger partial charge in [0.15, 0.2) is 0 Å². The van der Waals surface area contributed by atoms with Crippen molar-refractivity contribution in [3.63, 3.8) is 0 Å². The van der Waals surface area contributed by atoms with Gasteiger partial charge in [0.25, 0.3) is 0 Å². The summed E-state index contributed by atoms with van der Waals surface area (Å²) in [6.07, 6.45) is 4.80. The van der Waals surface area contributed by atoms with Gasteiger partial charge < -0.3 is 35.5 Å². The molecular formula is C33H45N7O4S. The highest BCUT2D eigenvalue weighted by Gasteiger charge is 2.17. The lowest BCUT2D eigenvalue weighted by Gasteiger charge is -2.24. The van der Waals surface area contributed by atoms with E-state index in [1.807, 2.05) is 31.0 Å². The molecule has 11 nitrogen and oxygen atoms in total. The molecule has 242 valence electrons. The monoisotopic (exact) mass is 635 g/mol. The molecule has 0 fully saturated rings. The number of hydrogen-bond acceptors (Lipinski definition) is 8. The van der Waals surface area contributed by atoms with Crippen molar-refractivity contribution in [2.45, 2.75) is 40.2 Å². The van der Waals surface area contributed by atoms with Crippen LogP contribution in [0.5, 0.6) is 0 Å². The summed E-state index contributed by atoms with van der Waals surface area (Å²) in [5.41, 5.74) is 4.55. The van der Waals surface area contributed by atoms with Crippen molar-refractivity contribution in [3.05, 3.63) is 72.3 Å². The number of imidazole rings is 1. The summed E-state index contributed by atoms with van der Waals surface area (Å²) in [5, 5.41) is 8.72. The number of carbonyl (C=O) groups excluding carboxylic acids is 3. The Morgan fingerprint density at radius 1 is 1.00 bits per heavy atom. The van der Waals surface area contributed by atoms with Gasteiger partial charge in [-0.1, -0.05) is 50.8 Å². The molecule has 0 aliphatic carbocycles. The number of nitrogens with zero attached hydrogens (tertiary/aromatic N) is 3. The van der Waals surface area contributed by atoms with Gasteiger partial charge in [0.2, 0.25) is 11.8 Å². The first-order valence-electron chi connectivity index (χ1n) is 15.1. The molecule has 1 aromatic carbocycles. The SMILES string of the molecule is C=C(CN(CCC)C(=O)CNC(=O)OC)N/C(=C\C)c1ccc(-c2ccc(-c3cnc(CN(CCC)C(=O)CNC)[nH]3)s2)cc1. The summed E-state index contributed by atoms with van der Waals surface area (Å²) < 4.78 is 4.55. The van der Waals surface area contributed by atoms with Gasteiger partial charge in [-0.15, -0.1) is 11.3 Å². The van der Waals surface area contributed by atoms with E-state index < -0.39 is 6.09 Å². The van der Waals surface area contributed by atoms with Crippen molar-refractivity contribution in [2.24, 2.45) is 0 Å². The number of thiophene rings is 1. The molecule has 2 aromatic heterocycles. The van der Waals surface area contributed by atoms with E-state index in [0.717, 1.165) is 50.9 Å². The second-order valence-corrected chi connectivity index (χ2v) is 11.5. The number of alkyl carbamates (subject to hydrolysis) is 1. The molecule has 3 aromatic rings. The number of rotatable bonds is 17. The zero-order chi connectivity index (χ0) is 32.8. The number of likely N-dealkylation sites (N-methyl/N-ethyl adjacent to an activating group) is 1. The van der Waals surface area contributed by atoms with E-state index in [-0.39, 0.29) is 18.4 Å². The number of aromatic nitrogens is 2. The molecule has 0 spiro atoms. The number of benzene rings is 1. The zero-order valence-corrected chi connectivity index (χ0v) is 27.7. The third-order valence-corrected chi connectivity index (χ3v) is 8.06. The van der Waals surface area contributed by atoms with Crippen molar-refractivity contribution in [2.75, 3.05) is 46.9 Å². The minimum Gasteiger partial charge on any atom is -0.453 e. The predicted molar refractivity (Wildman–Crippen MR) is 180 cm³/mol. The van der Waals surface area contributed by atoms with E-state index in [4.69, 9.17) is 0 Å². The largest absolute Gasteiger partial charge is 0.453 e. The maximum absolute atomic E-state index is 12.6. The molecule has 4 N–H and O–H groups in total. The van der Waals surface area contributed by atoms with E-state index in [1.165, 1.54) is 7.11 Å². The fourth-order valence-electron chi connectivity index (χ4n) is 4.69. The Hall–Kier alpha value is -4.42. The standard InChI is InChI=1S/C33H45N7O4S/c1-7-16-39(32(42)20-36-33(43)44-6)21-23(4)37-26(9-3)24-10-12-25(13-11-24)28-14-15-29(45-28)27-18-35-30(38-27)22-40(17-8-2)31(41)19-34-5/h9-15,18,34,37H,4,7-8,16-17,19-22H2,1-3,5-6H3,(H,35,38)(H,36,43)/b26-9-.